The first-order valence-electron chi connectivity index (χ1n) is 8.07. The van der Waals surface area contributed by atoms with Crippen LogP contribution >= 0.6 is 0 Å². The molecule has 1 heteroatoms. The Bertz CT molecular complexity index is 773. The van der Waals surface area contributed by atoms with Crippen LogP contribution < -0.4 is 4.57 Å². The third kappa shape index (κ3) is 2.39. The van der Waals surface area contributed by atoms with Gasteiger partial charge in [-0.1, -0.05) is 45.0 Å². The summed E-state index contributed by atoms with van der Waals surface area (Å²) in [6.45, 7) is 13.7. The maximum atomic E-state index is 2.42. The molecule has 3 aromatic rings. The smallest absolute Gasteiger partial charge is 0.193 e. The molecule has 1 heterocycles. The Morgan fingerprint density at radius 2 is 1.36 bits per heavy atom. The first-order valence-corrected chi connectivity index (χ1v) is 8.07. The summed E-state index contributed by atoms with van der Waals surface area (Å²) < 4.78 is 2.42. The molecule has 0 N–H and O–H groups in total. The van der Waals surface area contributed by atoms with Crippen LogP contribution in [-0.4, -0.2) is 0 Å². The molecule has 0 fully saturated rings. The van der Waals surface area contributed by atoms with Gasteiger partial charge in [-0.15, -0.1) is 0 Å². The molecule has 0 atom stereocenters. The van der Waals surface area contributed by atoms with Crippen molar-refractivity contribution < 1.29 is 4.57 Å². The van der Waals surface area contributed by atoms with E-state index in [1.54, 1.807) is 0 Å². The highest BCUT2D eigenvalue weighted by atomic mass is 15.0. The third-order valence-corrected chi connectivity index (χ3v) is 4.33. The molecule has 1 nitrogen and oxygen atoms in total. The van der Waals surface area contributed by atoms with Gasteiger partial charge in [0.2, 0.25) is 5.52 Å². The Kier molecular flexibility index (Phi) is 3.28. The van der Waals surface area contributed by atoms with Crippen LogP contribution in [0.2, 0.25) is 0 Å². The monoisotopic (exact) mass is 292 g/mol. The summed E-state index contributed by atoms with van der Waals surface area (Å²) in [6.07, 6.45) is 2.21. The van der Waals surface area contributed by atoms with E-state index in [2.05, 4.69) is 94.8 Å². The number of benzene rings is 2. The highest BCUT2D eigenvalue weighted by Crippen LogP contribution is 2.34. The molecule has 0 unspecified atom stereocenters. The number of aromatic nitrogens is 1. The van der Waals surface area contributed by atoms with Crippen molar-refractivity contribution >= 4 is 21.7 Å². The van der Waals surface area contributed by atoms with Crippen molar-refractivity contribution in [3.05, 3.63) is 54.2 Å². The molecule has 2 aromatic carbocycles. The van der Waals surface area contributed by atoms with Gasteiger partial charge in [-0.25, -0.2) is 0 Å². The van der Waals surface area contributed by atoms with Gasteiger partial charge >= 0.3 is 0 Å². The van der Waals surface area contributed by atoms with Crippen LogP contribution in [0, 0.1) is 0 Å². The first kappa shape index (κ1) is 15.0. The Hall–Kier alpha value is -1.89. The van der Waals surface area contributed by atoms with Crippen LogP contribution in [0.4, 0.5) is 0 Å². The zero-order valence-electron chi connectivity index (χ0n) is 14.6. The molecule has 0 bridgehead atoms. The number of nitrogens with zero attached hydrogens (tertiary/aromatic N) is 1. The van der Waals surface area contributed by atoms with Crippen LogP contribution in [0.1, 0.15) is 47.1 Å². The Labute approximate surface area is 133 Å². The second-order valence-electron chi connectivity index (χ2n) is 8.21. The fourth-order valence-corrected chi connectivity index (χ4v) is 3.26. The van der Waals surface area contributed by atoms with E-state index in [4.69, 9.17) is 0 Å². The molecule has 0 radical (unpaired) electrons. The summed E-state index contributed by atoms with van der Waals surface area (Å²) in [6, 6.07) is 15.5. The molecular weight excluding hydrogens is 266 g/mol. The minimum Gasteiger partial charge on any atom is -0.193 e. The van der Waals surface area contributed by atoms with E-state index >= 15 is 0 Å². The average molecular weight is 292 g/mol. The molecule has 0 aliphatic rings. The quantitative estimate of drug-likeness (QED) is 0.389. The average Bonchev–Trinajstić information content (AvgIpc) is 2.43. The predicted octanol–water partition coefficient (Wildman–Crippen LogP) is 5.33. The predicted molar refractivity (Wildman–Crippen MR) is 95.3 cm³/mol. The highest BCUT2D eigenvalue weighted by Gasteiger charge is 2.28. The molecule has 0 saturated heterocycles. The van der Waals surface area contributed by atoms with Gasteiger partial charge < -0.3 is 0 Å². The molecule has 22 heavy (non-hydrogen) atoms. The maximum Gasteiger partial charge on any atom is 0.221 e. The second kappa shape index (κ2) is 4.81. The van der Waals surface area contributed by atoms with Gasteiger partial charge in [0.1, 0.15) is 0 Å². The molecule has 114 valence electrons. The van der Waals surface area contributed by atoms with Gasteiger partial charge in [-0.2, -0.15) is 4.57 Å². The minimum atomic E-state index is 0.0544. The maximum absolute atomic E-state index is 2.42. The van der Waals surface area contributed by atoms with Crippen LogP contribution in [0.15, 0.2) is 48.7 Å². The summed E-state index contributed by atoms with van der Waals surface area (Å²) in [5, 5.41) is 4.02. The SMILES string of the molecule is CC(C)(C)c1cccc2ccc3ccc[n+](C(C)(C)C)c3c12. The highest BCUT2D eigenvalue weighted by molar-refractivity contribution is 6.05. The lowest BCUT2D eigenvalue weighted by Crippen LogP contribution is -2.50. The van der Waals surface area contributed by atoms with E-state index in [0.717, 1.165) is 0 Å². The van der Waals surface area contributed by atoms with Crippen LogP contribution in [0.5, 0.6) is 0 Å². The fourth-order valence-electron chi connectivity index (χ4n) is 3.26. The van der Waals surface area contributed by atoms with E-state index in [-0.39, 0.29) is 11.0 Å². The van der Waals surface area contributed by atoms with Crippen molar-refractivity contribution in [2.45, 2.75) is 52.5 Å². The molecule has 1 aromatic heterocycles. The van der Waals surface area contributed by atoms with Gasteiger partial charge in [0.25, 0.3) is 0 Å². The van der Waals surface area contributed by atoms with Crippen molar-refractivity contribution in [1.82, 2.24) is 0 Å². The molecule has 0 saturated carbocycles. The Balaban J connectivity index is 2.59. The lowest BCUT2D eigenvalue weighted by Gasteiger charge is -2.23. The fraction of sp³-hybridized carbons (Fsp3) is 0.381. The number of hydrogen-bond acceptors (Lipinski definition) is 0. The van der Waals surface area contributed by atoms with Crippen molar-refractivity contribution in [2.24, 2.45) is 0 Å². The zero-order chi connectivity index (χ0) is 16.1. The molecule has 0 aliphatic carbocycles. The molecule has 0 aliphatic heterocycles. The Morgan fingerprint density at radius 3 is 2.00 bits per heavy atom. The van der Waals surface area contributed by atoms with E-state index in [9.17, 15) is 0 Å². The van der Waals surface area contributed by atoms with E-state index in [1.165, 1.54) is 27.2 Å². The standard InChI is InChI=1S/C21H26N/c1-20(2,3)17-11-7-9-15-12-13-16-10-8-14-22(21(4,5)6)19(16)18(15)17/h7-14H,1-6H3/q+1. The van der Waals surface area contributed by atoms with Crippen molar-refractivity contribution in [3.63, 3.8) is 0 Å². The van der Waals surface area contributed by atoms with Gasteiger partial charge in [0, 0.05) is 32.2 Å². The second-order valence-corrected chi connectivity index (χ2v) is 8.21. The van der Waals surface area contributed by atoms with Crippen molar-refractivity contribution in [3.8, 4) is 0 Å². The molecule has 0 amide bonds. The van der Waals surface area contributed by atoms with E-state index in [0.29, 0.717) is 0 Å². The molecular formula is C21H26N+. The van der Waals surface area contributed by atoms with Crippen molar-refractivity contribution in [1.29, 1.82) is 0 Å². The topological polar surface area (TPSA) is 3.88 Å². The summed E-state index contributed by atoms with van der Waals surface area (Å²) >= 11 is 0. The van der Waals surface area contributed by atoms with Crippen LogP contribution in [0.25, 0.3) is 21.7 Å². The zero-order valence-corrected chi connectivity index (χ0v) is 14.6. The lowest BCUT2D eigenvalue weighted by atomic mass is 9.83. The van der Waals surface area contributed by atoms with Crippen molar-refractivity contribution in [2.75, 3.05) is 0 Å². The summed E-state index contributed by atoms with van der Waals surface area (Å²) in [5.74, 6) is 0. The summed E-state index contributed by atoms with van der Waals surface area (Å²) in [4.78, 5) is 0. The largest absolute Gasteiger partial charge is 0.221 e. The molecule has 3 rings (SSSR count). The normalized spacial score (nSPS) is 13.0. The number of fused-ring (bicyclic) bond motifs is 3. The summed E-state index contributed by atoms with van der Waals surface area (Å²) in [7, 11) is 0. The third-order valence-electron chi connectivity index (χ3n) is 4.33. The van der Waals surface area contributed by atoms with E-state index < -0.39 is 0 Å². The van der Waals surface area contributed by atoms with Gasteiger partial charge in [0.05, 0.1) is 5.39 Å². The van der Waals surface area contributed by atoms with Gasteiger partial charge in [0.15, 0.2) is 11.7 Å². The Morgan fingerprint density at radius 1 is 0.727 bits per heavy atom. The van der Waals surface area contributed by atoms with Gasteiger partial charge in [-0.3, -0.25) is 0 Å². The van der Waals surface area contributed by atoms with Gasteiger partial charge in [-0.05, 0) is 28.5 Å². The van der Waals surface area contributed by atoms with Crippen LogP contribution in [0.3, 0.4) is 0 Å². The minimum absolute atomic E-state index is 0.0544. The summed E-state index contributed by atoms with van der Waals surface area (Å²) in [5.41, 5.74) is 2.94. The molecule has 0 spiro atoms. The number of pyridine rings is 1. The number of hydrogen-bond donors (Lipinski definition) is 0. The van der Waals surface area contributed by atoms with E-state index in [1.807, 2.05) is 0 Å². The number of rotatable bonds is 0. The lowest BCUT2D eigenvalue weighted by molar-refractivity contribution is -0.730. The first-order chi connectivity index (χ1) is 10.2. The van der Waals surface area contributed by atoms with Crippen LogP contribution in [-0.2, 0) is 11.0 Å².